The topological polar surface area (TPSA) is 84.5 Å². The van der Waals surface area contributed by atoms with Crippen LogP contribution in [0.2, 0.25) is 5.02 Å². The first-order chi connectivity index (χ1) is 11.8. The van der Waals surface area contributed by atoms with Crippen LogP contribution in [0.3, 0.4) is 0 Å². The van der Waals surface area contributed by atoms with E-state index in [-0.39, 0.29) is 23.5 Å². The highest BCUT2D eigenvalue weighted by atomic mass is 35.5. The molecule has 1 amide bonds. The van der Waals surface area contributed by atoms with Crippen LogP contribution in [0.15, 0.2) is 53.4 Å². The van der Waals surface area contributed by atoms with Crippen molar-refractivity contribution in [3.05, 3.63) is 59.1 Å². The van der Waals surface area contributed by atoms with E-state index in [2.05, 4.69) is 10.0 Å². The van der Waals surface area contributed by atoms with Crippen LogP contribution in [0, 0.1) is 0 Å². The van der Waals surface area contributed by atoms with Crippen molar-refractivity contribution < 1.29 is 17.9 Å². The Morgan fingerprint density at radius 1 is 1.20 bits per heavy atom. The summed E-state index contributed by atoms with van der Waals surface area (Å²) in [5.41, 5.74) is 0.896. The normalized spacial score (nSPS) is 12.6. The standard InChI is InChI=1S/C17H19ClN2O4S/c1-12(11-24-2)20-25(22,23)16-8-6-15(7-9-16)19-17(21)13-4-3-5-14(18)10-13/h3-10,12,20H,11H2,1-2H3,(H,19,21). The van der Waals surface area contributed by atoms with Gasteiger partial charge in [-0.2, -0.15) is 0 Å². The van der Waals surface area contributed by atoms with Gasteiger partial charge in [0.05, 0.1) is 11.5 Å². The van der Waals surface area contributed by atoms with Crippen molar-refractivity contribution in [3.63, 3.8) is 0 Å². The van der Waals surface area contributed by atoms with Gasteiger partial charge in [-0.05, 0) is 49.4 Å². The zero-order valence-electron chi connectivity index (χ0n) is 13.8. The fourth-order valence-electron chi connectivity index (χ4n) is 2.17. The molecular weight excluding hydrogens is 364 g/mol. The predicted molar refractivity (Wildman–Crippen MR) is 97.5 cm³/mol. The van der Waals surface area contributed by atoms with E-state index in [0.717, 1.165) is 0 Å². The Balaban J connectivity index is 2.08. The smallest absolute Gasteiger partial charge is 0.255 e. The summed E-state index contributed by atoms with van der Waals surface area (Å²) in [6, 6.07) is 12.1. The molecule has 2 aromatic carbocycles. The van der Waals surface area contributed by atoms with Crippen LogP contribution in [0.5, 0.6) is 0 Å². The second-order valence-corrected chi connectivity index (χ2v) is 7.62. The minimum Gasteiger partial charge on any atom is -0.383 e. The van der Waals surface area contributed by atoms with Crippen molar-refractivity contribution in [2.24, 2.45) is 0 Å². The van der Waals surface area contributed by atoms with E-state index in [0.29, 0.717) is 16.3 Å². The maximum absolute atomic E-state index is 12.2. The monoisotopic (exact) mass is 382 g/mol. The van der Waals surface area contributed by atoms with Gasteiger partial charge in [-0.25, -0.2) is 13.1 Å². The maximum Gasteiger partial charge on any atom is 0.255 e. The Labute approximate surface area is 152 Å². The summed E-state index contributed by atoms with van der Waals surface area (Å²) in [5, 5.41) is 3.16. The Morgan fingerprint density at radius 3 is 2.48 bits per heavy atom. The van der Waals surface area contributed by atoms with Gasteiger partial charge in [-0.3, -0.25) is 4.79 Å². The number of methoxy groups -OCH3 is 1. The van der Waals surface area contributed by atoms with Gasteiger partial charge in [0, 0.05) is 29.4 Å². The van der Waals surface area contributed by atoms with Crippen LogP contribution in [-0.2, 0) is 14.8 Å². The van der Waals surface area contributed by atoms with Crippen molar-refractivity contribution in [3.8, 4) is 0 Å². The third kappa shape index (κ3) is 5.54. The molecule has 0 aliphatic heterocycles. The van der Waals surface area contributed by atoms with E-state index in [1.54, 1.807) is 31.2 Å². The fourth-order valence-corrected chi connectivity index (χ4v) is 3.59. The van der Waals surface area contributed by atoms with E-state index in [1.165, 1.54) is 31.4 Å². The van der Waals surface area contributed by atoms with Crippen LogP contribution in [-0.4, -0.2) is 34.1 Å². The average Bonchev–Trinajstić information content (AvgIpc) is 2.55. The minimum atomic E-state index is -3.64. The summed E-state index contributed by atoms with van der Waals surface area (Å²) in [7, 11) is -2.14. The molecule has 2 aromatic rings. The molecule has 8 heteroatoms. The molecule has 0 radical (unpaired) electrons. The molecule has 0 bridgehead atoms. The predicted octanol–water partition coefficient (Wildman–Crippen LogP) is 2.91. The molecule has 25 heavy (non-hydrogen) atoms. The van der Waals surface area contributed by atoms with Crippen LogP contribution in [0.25, 0.3) is 0 Å². The van der Waals surface area contributed by atoms with Crippen molar-refractivity contribution in [2.75, 3.05) is 19.0 Å². The molecule has 0 saturated carbocycles. The number of nitrogens with one attached hydrogen (secondary N) is 2. The highest BCUT2D eigenvalue weighted by molar-refractivity contribution is 7.89. The highest BCUT2D eigenvalue weighted by Crippen LogP contribution is 2.16. The largest absolute Gasteiger partial charge is 0.383 e. The Bertz CT molecular complexity index is 838. The molecule has 1 unspecified atom stereocenters. The van der Waals surface area contributed by atoms with Gasteiger partial charge in [0.25, 0.3) is 5.91 Å². The van der Waals surface area contributed by atoms with E-state index in [4.69, 9.17) is 16.3 Å². The number of carbonyl (C=O) groups is 1. The van der Waals surface area contributed by atoms with Gasteiger partial charge >= 0.3 is 0 Å². The lowest BCUT2D eigenvalue weighted by atomic mass is 10.2. The number of sulfonamides is 1. The van der Waals surface area contributed by atoms with Crippen LogP contribution in [0.4, 0.5) is 5.69 Å². The number of halogens is 1. The molecule has 0 aliphatic rings. The summed E-state index contributed by atoms with van der Waals surface area (Å²) < 4.78 is 31.9. The second kappa shape index (κ2) is 8.44. The third-order valence-corrected chi connectivity index (χ3v) is 5.12. The van der Waals surface area contributed by atoms with E-state index < -0.39 is 10.0 Å². The number of rotatable bonds is 7. The van der Waals surface area contributed by atoms with Gasteiger partial charge in [-0.15, -0.1) is 0 Å². The number of benzene rings is 2. The lowest BCUT2D eigenvalue weighted by Crippen LogP contribution is -2.35. The second-order valence-electron chi connectivity index (χ2n) is 5.47. The first-order valence-electron chi connectivity index (χ1n) is 7.50. The van der Waals surface area contributed by atoms with Crippen molar-refractivity contribution in [2.45, 2.75) is 17.9 Å². The van der Waals surface area contributed by atoms with E-state index in [9.17, 15) is 13.2 Å². The molecule has 6 nitrogen and oxygen atoms in total. The van der Waals surface area contributed by atoms with Gasteiger partial charge in [0.1, 0.15) is 0 Å². The molecular formula is C17H19ClN2O4S. The Hall–Kier alpha value is -1.93. The molecule has 1 atom stereocenters. The minimum absolute atomic E-state index is 0.108. The van der Waals surface area contributed by atoms with Crippen LogP contribution < -0.4 is 10.0 Å². The first kappa shape index (κ1) is 19.4. The maximum atomic E-state index is 12.2. The molecule has 0 fully saturated rings. The fraction of sp³-hybridized carbons (Fsp3) is 0.235. The quantitative estimate of drug-likeness (QED) is 0.771. The summed E-state index contributed by atoms with van der Waals surface area (Å²) in [6.45, 7) is 1.98. The van der Waals surface area contributed by atoms with Crippen molar-refractivity contribution in [1.82, 2.24) is 4.72 Å². The van der Waals surface area contributed by atoms with Crippen LogP contribution in [0.1, 0.15) is 17.3 Å². The zero-order valence-corrected chi connectivity index (χ0v) is 15.4. The zero-order chi connectivity index (χ0) is 18.4. The highest BCUT2D eigenvalue weighted by Gasteiger charge is 2.17. The van der Waals surface area contributed by atoms with Gasteiger partial charge in [0.2, 0.25) is 10.0 Å². The van der Waals surface area contributed by atoms with Gasteiger partial charge in [-0.1, -0.05) is 17.7 Å². The van der Waals surface area contributed by atoms with E-state index in [1.807, 2.05) is 0 Å². The molecule has 0 aromatic heterocycles. The number of carbonyl (C=O) groups excluding carboxylic acids is 1. The lowest BCUT2D eigenvalue weighted by Gasteiger charge is -2.13. The summed E-state index contributed by atoms with van der Waals surface area (Å²) in [5.74, 6) is -0.329. The number of amides is 1. The number of anilines is 1. The first-order valence-corrected chi connectivity index (χ1v) is 9.36. The SMILES string of the molecule is COCC(C)NS(=O)(=O)c1ccc(NC(=O)c2cccc(Cl)c2)cc1. The summed E-state index contributed by atoms with van der Waals surface area (Å²) in [4.78, 5) is 12.3. The number of ether oxygens (including phenoxy) is 1. The molecule has 0 saturated heterocycles. The van der Waals surface area contributed by atoms with Crippen molar-refractivity contribution >= 4 is 33.2 Å². The van der Waals surface area contributed by atoms with Gasteiger partial charge in [0.15, 0.2) is 0 Å². The molecule has 134 valence electrons. The molecule has 0 spiro atoms. The van der Waals surface area contributed by atoms with Gasteiger partial charge < -0.3 is 10.1 Å². The summed E-state index contributed by atoms with van der Waals surface area (Å²) >= 11 is 5.86. The van der Waals surface area contributed by atoms with Crippen molar-refractivity contribution in [1.29, 1.82) is 0 Å². The summed E-state index contributed by atoms with van der Waals surface area (Å²) in [6.07, 6.45) is 0. The number of hydrogen-bond acceptors (Lipinski definition) is 4. The lowest BCUT2D eigenvalue weighted by molar-refractivity contribution is 0.102. The third-order valence-electron chi connectivity index (χ3n) is 3.28. The Morgan fingerprint density at radius 2 is 1.88 bits per heavy atom. The molecule has 0 heterocycles. The van der Waals surface area contributed by atoms with E-state index >= 15 is 0 Å². The molecule has 0 aliphatic carbocycles. The molecule has 2 N–H and O–H groups in total. The molecule has 2 rings (SSSR count). The average molecular weight is 383 g/mol. The van der Waals surface area contributed by atoms with Crippen LogP contribution >= 0.6 is 11.6 Å². The Kier molecular flexibility index (Phi) is 6.55. The number of hydrogen-bond donors (Lipinski definition) is 2.